The molecule has 1 heterocycles. The molecule has 1 aromatic carbocycles. The van der Waals surface area contributed by atoms with Crippen molar-refractivity contribution < 1.29 is 13.7 Å². The fraction of sp³-hybridized carbons (Fsp3) is 0.600. The summed E-state index contributed by atoms with van der Waals surface area (Å²) in [6.07, 6.45) is 1.95. The highest BCUT2D eigenvalue weighted by Gasteiger charge is 2.21. The Morgan fingerprint density at radius 3 is 2.55 bits per heavy atom. The third kappa shape index (κ3) is 3.73. The van der Waals surface area contributed by atoms with Crippen LogP contribution in [0.15, 0.2) is 18.2 Å². The van der Waals surface area contributed by atoms with Crippen LogP contribution in [0.2, 0.25) is 0 Å². The van der Waals surface area contributed by atoms with Gasteiger partial charge in [0.15, 0.2) is 0 Å². The maximum absolute atomic E-state index is 11.4. The number of ether oxygens (including phenoxy) is 2. The van der Waals surface area contributed by atoms with Crippen LogP contribution in [-0.2, 0) is 10.8 Å². The molecule has 112 valence electrons. The van der Waals surface area contributed by atoms with Crippen molar-refractivity contribution >= 4 is 10.8 Å². The van der Waals surface area contributed by atoms with Crippen LogP contribution < -0.4 is 14.8 Å². The molecule has 0 amide bonds. The minimum absolute atomic E-state index is 0.177. The van der Waals surface area contributed by atoms with E-state index < -0.39 is 10.8 Å². The maximum Gasteiger partial charge on any atom is 0.123 e. The van der Waals surface area contributed by atoms with Crippen molar-refractivity contribution in [2.45, 2.75) is 31.8 Å². The normalized spacial score (nSPS) is 24.1. The molecule has 1 aliphatic rings. The number of rotatable bonds is 5. The highest BCUT2D eigenvalue weighted by atomic mass is 32.2. The number of benzene rings is 1. The first-order valence-electron chi connectivity index (χ1n) is 6.97. The van der Waals surface area contributed by atoms with Crippen LogP contribution in [0, 0.1) is 0 Å². The predicted molar refractivity (Wildman–Crippen MR) is 82.0 cm³/mol. The maximum atomic E-state index is 11.4. The summed E-state index contributed by atoms with van der Waals surface area (Å²) >= 11 is 0. The van der Waals surface area contributed by atoms with Gasteiger partial charge in [0, 0.05) is 40.0 Å². The molecule has 2 rings (SSSR count). The van der Waals surface area contributed by atoms with Crippen LogP contribution >= 0.6 is 0 Å². The van der Waals surface area contributed by atoms with E-state index in [1.165, 1.54) is 0 Å². The van der Waals surface area contributed by atoms with Crippen molar-refractivity contribution in [2.24, 2.45) is 0 Å². The zero-order chi connectivity index (χ0) is 14.5. The smallest absolute Gasteiger partial charge is 0.123 e. The van der Waals surface area contributed by atoms with Crippen LogP contribution in [0.5, 0.6) is 11.5 Å². The SMILES string of the molecule is COc1ccc(OC)c(C(C)NC2CCS(=O)CC2)c1. The molecule has 20 heavy (non-hydrogen) atoms. The Morgan fingerprint density at radius 2 is 1.95 bits per heavy atom. The average Bonchev–Trinajstić information content (AvgIpc) is 2.48. The summed E-state index contributed by atoms with van der Waals surface area (Å²) in [6, 6.07) is 6.45. The number of hydrogen-bond donors (Lipinski definition) is 1. The standard InChI is InChI=1S/C15H23NO3S/c1-11(16-12-6-8-20(17)9-7-12)14-10-13(18-2)4-5-15(14)19-3/h4-5,10-12,16H,6-9H2,1-3H3. The highest BCUT2D eigenvalue weighted by molar-refractivity contribution is 7.85. The van der Waals surface area contributed by atoms with Crippen molar-refractivity contribution in [2.75, 3.05) is 25.7 Å². The zero-order valence-corrected chi connectivity index (χ0v) is 13.2. The van der Waals surface area contributed by atoms with Crippen LogP contribution in [-0.4, -0.2) is 36.0 Å². The first-order chi connectivity index (χ1) is 9.63. The molecule has 1 aliphatic heterocycles. The van der Waals surface area contributed by atoms with Gasteiger partial charge in [-0.05, 0) is 38.0 Å². The van der Waals surface area contributed by atoms with Gasteiger partial charge in [0.05, 0.1) is 14.2 Å². The third-order valence-corrected chi connectivity index (χ3v) is 5.16. The summed E-state index contributed by atoms with van der Waals surface area (Å²) < 4.78 is 22.1. The monoisotopic (exact) mass is 297 g/mol. The second-order valence-electron chi connectivity index (χ2n) is 5.12. The molecule has 0 saturated carbocycles. The van der Waals surface area contributed by atoms with Gasteiger partial charge in [0.2, 0.25) is 0 Å². The van der Waals surface area contributed by atoms with Crippen molar-refractivity contribution in [3.05, 3.63) is 23.8 Å². The fourth-order valence-corrected chi connectivity index (χ4v) is 3.88. The molecule has 1 saturated heterocycles. The van der Waals surface area contributed by atoms with Gasteiger partial charge in [-0.2, -0.15) is 0 Å². The summed E-state index contributed by atoms with van der Waals surface area (Å²) in [4.78, 5) is 0. The van der Waals surface area contributed by atoms with Gasteiger partial charge in [-0.1, -0.05) is 0 Å². The molecule has 5 heteroatoms. The summed E-state index contributed by atoms with van der Waals surface area (Å²) in [5.41, 5.74) is 1.10. The van der Waals surface area contributed by atoms with Gasteiger partial charge < -0.3 is 14.8 Å². The second-order valence-corrected chi connectivity index (χ2v) is 6.81. The zero-order valence-electron chi connectivity index (χ0n) is 12.3. The van der Waals surface area contributed by atoms with E-state index >= 15 is 0 Å². The highest BCUT2D eigenvalue weighted by Crippen LogP contribution is 2.30. The lowest BCUT2D eigenvalue weighted by molar-refractivity contribution is 0.379. The number of nitrogens with one attached hydrogen (secondary N) is 1. The quantitative estimate of drug-likeness (QED) is 0.905. The lowest BCUT2D eigenvalue weighted by Crippen LogP contribution is -2.37. The van der Waals surface area contributed by atoms with Crippen LogP contribution in [0.3, 0.4) is 0 Å². The largest absolute Gasteiger partial charge is 0.497 e. The van der Waals surface area contributed by atoms with E-state index in [1.54, 1.807) is 14.2 Å². The Hall–Kier alpha value is -1.07. The molecule has 1 unspecified atom stereocenters. The molecular formula is C15H23NO3S. The predicted octanol–water partition coefficient (Wildman–Crippen LogP) is 2.27. The third-order valence-electron chi connectivity index (χ3n) is 3.78. The van der Waals surface area contributed by atoms with E-state index in [0.717, 1.165) is 41.4 Å². The molecule has 1 aromatic rings. The summed E-state index contributed by atoms with van der Waals surface area (Å²) in [5, 5.41) is 3.61. The van der Waals surface area contributed by atoms with Gasteiger partial charge in [-0.25, -0.2) is 0 Å². The molecule has 1 N–H and O–H groups in total. The van der Waals surface area contributed by atoms with Gasteiger partial charge in [0.1, 0.15) is 11.5 Å². The first-order valence-corrected chi connectivity index (χ1v) is 8.45. The van der Waals surface area contributed by atoms with Crippen LogP contribution in [0.25, 0.3) is 0 Å². The molecule has 0 aromatic heterocycles. The number of hydrogen-bond acceptors (Lipinski definition) is 4. The van der Waals surface area contributed by atoms with E-state index in [0.29, 0.717) is 6.04 Å². The summed E-state index contributed by atoms with van der Waals surface area (Å²) in [5.74, 6) is 3.31. The molecule has 1 fully saturated rings. The molecule has 0 bridgehead atoms. The minimum atomic E-state index is -0.616. The van der Waals surface area contributed by atoms with Gasteiger partial charge in [0.25, 0.3) is 0 Å². The summed E-state index contributed by atoms with van der Waals surface area (Å²) in [7, 11) is 2.73. The lowest BCUT2D eigenvalue weighted by Gasteiger charge is -2.27. The Balaban J connectivity index is 2.07. The Morgan fingerprint density at radius 1 is 1.25 bits per heavy atom. The molecular weight excluding hydrogens is 274 g/mol. The molecule has 0 spiro atoms. The van der Waals surface area contributed by atoms with E-state index in [1.807, 2.05) is 18.2 Å². The van der Waals surface area contributed by atoms with Gasteiger partial charge in [-0.3, -0.25) is 4.21 Å². The van der Waals surface area contributed by atoms with Crippen molar-refractivity contribution in [3.8, 4) is 11.5 Å². The summed E-state index contributed by atoms with van der Waals surface area (Å²) in [6.45, 7) is 2.13. The second kappa shape index (κ2) is 7.09. The van der Waals surface area contributed by atoms with Crippen LogP contribution in [0.4, 0.5) is 0 Å². The Labute approximate surface area is 123 Å². The fourth-order valence-electron chi connectivity index (χ4n) is 2.58. The topological polar surface area (TPSA) is 47.6 Å². The average molecular weight is 297 g/mol. The van der Waals surface area contributed by atoms with Crippen molar-refractivity contribution in [3.63, 3.8) is 0 Å². The Kier molecular flexibility index (Phi) is 5.43. The molecule has 1 atom stereocenters. The minimum Gasteiger partial charge on any atom is -0.497 e. The first kappa shape index (κ1) is 15.3. The number of methoxy groups -OCH3 is 2. The van der Waals surface area contributed by atoms with Crippen molar-refractivity contribution in [1.29, 1.82) is 0 Å². The van der Waals surface area contributed by atoms with E-state index in [4.69, 9.17) is 9.47 Å². The molecule has 0 radical (unpaired) electrons. The van der Waals surface area contributed by atoms with Gasteiger partial charge in [-0.15, -0.1) is 0 Å². The van der Waals surface area contributed by atoms with E-state index in [-0.39, 0.29) is 6.04 Å². The van der Waals surface area contributed by atoms with Crippen LogP contribution in [0.1, 0.15) is 31.4 Å². The Bertz CT molecular complexity index is 468. The molecule has 0 aliphatic carbocycles. The van der Waals surface area contributed by atoms with E-state index in [9.17, 15) is 4.21 Å². The van der Waals surface area contributed by atoms with E-state index in [2.05, 4.69) is 12.2 Å². The van der Waals surface area contributed by atoms with Gasteiger partial charge >= 0.3 is 0 Å². The molecule has 4 nitrogen and oxygen atoms in total. The lowest BCUT2D eigenvalue weighted by atomic mass is 10.0. The van der Waals surface area contributed by atoms with Crippen molar-refractivity contribution in [1.82, 2.24) is 5.32 Å².